The Labute approximate surface area is 206 Å². The Morgan fingerprint density at radius 3 is 2.36 bits per heavy atom. The second kappa shape index (κ2) is 9.82. The highest BCUT2D eigenvalue weighted by Crippen LogP contribution is 2.36. The fourth-order valence-corrected chi connectivity index (χ4v) is 5.82. The van der Waals surface area contributed by atoms with Crippen molar-refractivity contribution in [3.05, 3.63) is 83.4 Å². The lowest BCUT2D eigenvalue weighted by Gasteiger charge is -2.35. The van der Waals surface area contributed by atoms with Gasteiger partial charge in [0.05, 0.1) is 19.8 Å². The van der Waals surface area contributed by atoms with E-state index in [2.05, 4.69) is 5.32 Å². The first-order valence-corrected chi connectivity index (χ1v) is 12.3. The van der Waals surface area contributed by atoms with Crippen LogP contribution in [0.3, 0.4) is 0 Å². The molecular formula is C25H23F3N2O5S. The third kappa shape index (κ3) is 5.02. The van der Waals surface area contributed by atoms with Gasteiger partial charge in [-0.3, -0.25) is 4.79 Å². The number of fused-ring (bicyclic) bond motifs is 1. The Morgan fingerprint density at radius 2 is 1.69 bits per heavy atom. The van der Waals surface area contributed by atoms with Crippen LogP contribution in [0.25, 0.3) is 0 Å². The third-order valence-electron chi connectivity index (χ3n) is 5.92. The lowest BCUT2D eigenvalue weighted by Crippen LogP contribution is -2.50. The molecule has 7 nitrogen and oxygen atoms in total. The Kier molecular flexibility index (Phi) is 6.96. The van der Waals surface area contributed by atoms with Gasteiger partial charge in [0, 0.05) is 18.3 Å². The van der Waals surface area contributed by atoms with Crippen molar-refractivity contribution < 1.29 is 35.9 Å². The van der Waals surface area contributed by atoms with Gasteiger partial charge < -0.3 is 14.8 Å². The second-order valence-corrected chi connectivity index (χ2v) is 9.98. The molecule has 11 heteroatoms. The number of anilines is 1. The van der Waals surface area contributed by atoms with Crippen molar-refractivity contribution in [2.45, 2.75) is 30.1 Å². The largest absolute Gasteiger partial charge is 0.497 e. The molecule has 1 unspecified atom stereocenters. The van der Waals surface area contributed by atoms with Crippen LogP contribution in [0.1, 0.15) is 16.7 Å². The van der Waals surface area contributed by atoms with Crippen molar-refractivity contribution in [1.82, 2.24) is 4.31 Å². The number of hydrogen-bond donors (Lipinski definition) is 1. The molecule has 190 valence electrons. The summed E-state index contributed by atoms with van der Waals surface area (Å²) >= 11 is 0. The summed E-state index contributed by atoms with van der Waals surface area (Å²) in [6.45, 7) is -0.112. The van der Waals surface area contributed by atoms with Crippen molar-refractivity contribution in [3.8, 4) is 11.5 Å². The monoisotopic (exact) mass is 520 g/mol. The van der Waals surface area contributed by atoms with Crippen molar-refractivity contribution in [2.75, 3.05) is 19.5 Å². The van der Waals surface area contributed by atoms with Gasteiger partial charge in [0.25, 0.3) is 0 Å². The zero-order valence-electron chi connectivity index (χ0n) is 19.4. The van der Waals surface area contributed by atoms with E-state index < -0.39 is 33.7 Å². The number of halogens is 3. The van der Waals surface area contributed by atoms with Crippen LogP contribution in [0.15, 0.2) is 71.6 Å². The van der Waals surface area contributed by atoms with Gasteiger partial charge in [0.15, 0.2) is 0 Å². The minimum atomic E-state index is -4.59. The van der Waals surface area contributed by atoms with Crippen LogP contribution < -0.4 is 14.8 Å². The number of nitrogens with one attached hydrogen (secondary N) is 1. The number of rotatable bonds is 6. The van der Waals surface area contributed by atoms with Crippen LogP contribution in [-0.4, -0.2) is 38.9 Å². The lowest BCUT2D eigenvalue weighted by molar-refractivity contribution is -0.137. The molecule has 0 fully saturated rings. The van der Waals surface area contributed by atoms with Crippen LogP contribution in [0.5, 0.6) is 11.5 Å². The maximum absolute atomic E-state index is 13.9. The number of nitrogens with zero attached hydrogens (tertiary/aromatic N) is 1. The van der Waals surface area contributed by atoms with Crippen LogP contribution in [0, 0.1) is 0 Å². The summed E-state index contributed by atoms with van der Waals surface area (Å²) in [5.41, 5.74) is 0.460. The van der Waals surface area contributed by atoms with Gasteiger partial charge in [-0.1, -0.05) is 30.3 Å². The predicted molar refractivity (Wildman–Crippen MR) is 126 cm³/mol. The van der Waals surface area contributed by atoms with Gasteiger partial charge in [-0.15, -0.1) is 0 Å². The Bertz CT molecular complexity index is 1390. The molecule has 3 aromatic rings. The van der Waals surface area contributed by atoms with Crippen LogP contribution in [0.2, 0.25) is 0 Å². The van der Waals surface area contributed by atoms with E-state index in [0.29, 0.717) is 5.56 Å². The number of methoxy groups -OCH3 is 2. The van der Waals surface area contributed by atoms with E-state index in [1.807, 2.05) is 0 Å². The normalized spacial score (nSPS) is 16.2. The van der Waals surface area contributed by atoms with E-state index in [0.717, 1.165) is 22.0 Å². The summed E-state index contributed by atoms with van der Waals surface area (Å²) in [6, 6.07) is 14.3. The molecule has 1 aliphatic heterocycles. The summed E-state index contributed by atoms with van der Waals surface area (Å²) in [6.07, 6.45) is -4.56. The van der Waals surface area contributed by atoms with Crippen LogP contribution in [-0.2, 0) is 34.0 Å². The number of amides is 1. The van der Waals surface area contributed by atoms with Gasteiger partial charge in [-0.05, 0) is 47.9 Å². The molecule has 1 heterocycles. The molecule has 1 aliphatic rings. The summed E-state index contributed by atoms with van der Waals surface area (Å²) in [5.74, 6) is -0.419. The van der Waals surface area contributed by atoms with Gasteiger partial charge >= 0.3 is 6.18 Å². The van der Waals surface area contributed by atoms with E-state index in [4.69, 9.17) is 9.47 Å². The minimum absolute atomic E-state index is 0.0342. The molecule has 0 bridgehead atoms. The highest BCUT2D eigenvalue weighted by Gasteiger charge is 2.41. The molecule has 0 spiro atoms. The first-order chi connectivity index (χ1) is 17.0. The van der Waals surface area contributed by atoms with Crippen molar-refractivity contribution >= 4 is 21.6 Å². The molecule has 1 amide bonds. The summed E-state index contributed by atoms with van der Waals surface area (Å²) < 4.78 is 78.6. The quantitative estimate of drug-likeness (QED) is 0.518. The maximum atomic E-state index is 13.9. The van der Waals surface area contributed by atoms with E-state index in [1.165, 1.54) is 38.5 Å². The molecule has 1 atom stereocenters. The minimum Gasteiger partial charge on any atom is -0.497 e. The van der Waals surface area contributed by atoms with E-state index in [1.54, 1.807) is 30.3 Å². The van der Waals surface area contributed by atoms with E-state index in [9.17, 15) is 26.4 Å². The average molecular weight is 521 g/mol. The van der Waals surface area contributed by atoms with Gasteiger partial charge in [-0.25, -0.2) is 8.42 Å². The molecule has 0 aromatic heterocycles. The smallest absolute Gasteiger partial charge is 0.416 e. The fraction of sp³-hybridized carbons (Fsp3) is 0.240. The maximum Gasteiger partial charge on any atom is 0.416 e. The number of carbonyl (C=O) groups excluding carboxylic acids is 1. The van der Waals surface area contributed by atoms with Gasteiger partial charge in [0.2, 0.25) is 15.9 Å². The standard InChI is InChI=1S/C25H23F3N2O5S/c1-34-20-10-11-22(35-2)23(14-20)36(32,33)30-15-17-7-4-3-6-16(17)12-21(30)24(31)29-19-9-5-8-18(13-19)25(26,27)28/h3-11,13-14,21H,12,15H2,1-2H3,(H,29,31). The SMILES string of the molecule is COc1ccc(OC)c(S(=O)(=O)N2Cc3ccccc3CC2C(=O)Nc2cccc(C(F)(F)F)c2)c1. The predicted octanol–water partition coefficient (Wildman–Crippen LogP) is 4.48. The molecule has 36 heavy (non-hydrogen) atoms. The molecule has 3 aromatic carbocycles. The zero-order valence-corrected chi connectivity index (χ0v) is 20.2. The summed E-state index contributed by atoms with van der Waals surface area (Å²) in [5, 5.41) is 2.46. The molecule has 4 rings (SSSR count). The molecule has 0 aliphatic carbocycles. The van der Waals surface area contributed by atoms with Gasteiger partial charge in [-0.2, -0.15) is 17.5 Å². The second-order valence-electron chi connectivity index (χ2n) is 8.12. The number of ether oxygens (including phenoxy) is 2. The number of hydrogen-bond acceptors (Lipinski definition) is 5. The zero-order chi connectivity index (χ0) is 26.1. The molecule has 0 saturated carbocycles. The molecule has 0 radical (unpaired) electrons. The molecular weight excluding hydrogens is 497 g/mol. The van der Waals surface area contributed by atoms with Crippen molar-refractivity contribution in [3.63, 3.8) is 0 Å². The highest BCUT2D eigenvalue weighted by molar-refractivity contribution is 7.89. The first kappa shape index (κ1) is 25.5. The third-order valence-corrected chi connectivity index (χ3v) is 7.80. The lowest BCUT2D eigenvalue weighted by atomic mass is 9.95. The summed E-state index contributed by atoms with van der Waals surface area (Å²) in [4.78, 5) is 13.2. The van der Waals surface area contributed by atoms with Crippen LogP contribution in [0.4, 0.5) is 18.9 Å². The van der Waals surface area contributed by atoms with Crippen LogP contribution >= 0.6 is 0 Å². The van der Waals surface area contributed by atoms with Crippen molar-refractivity contribution in [2.24, 2.45) is 0 Å². The first-order valence-electron chi connectivity index (χ1n) is 10.8. The Balaban J connectivity index is 1.75. The van der Waals surface area contributed by atoms with Crippen molar-refractivity contribution in [1.29, 1.82) is 0 Å². The molecule has 1 N–H and O–H groups in total. The Morgan fingerprint density at radius 1 is 0.972 bits per heavy atom. The molecule has 0 saturated heterocycles. The van der Waals surface area contributed by atoms with E-state index in [-0.39, 0.29) is 35.0 Å². The summed E-state index contributed by atoms with van der Waals surface area (Å²) in [7, 11) is -1.60. The number of benzene rings is 3. The highest BCUT2D eigenvalue weighted by atomic mass is 32.2. The number of alkyl halides is 3. The van der Waals surface area contributed by atoms with Gasteiger partial charge in [0.1, 0.15) is 22.4 Å². The fourth-order valence-electron chi connectivity index (χ4n) is 4.09. The number of carbonyl (C=O) groups is 1. The van der Waals surface area contributed by atoms with E-state index >= 15 is 0 Å². The average Bonchev–Trinajstić information content (AvgIpc) is 2.87. The topological polar surface area (TPSA) is 84.9 Å². The number of sulfonamides is 1. The Hall–Kier alpha value is -3.57.